The molecule has 0 radical (unpaired) electrons. The smallest absolute Gasteiger partial charge is 0.337 e. The average molecular weight is 236 g/mol. The summed E-state index contributed by atoms with van der Waals surface area (Å²) in [5.74, 6) is 0.268. The summed E-state index contributed by atoms with van der Waals surface area (Å²) in [4.78, 5) is 11.2. The lowest BCUT2D eigenvalue weighted by Gasteiger charge is -2.07. The van der Waals surface area contributed by atoms with Gasteiger partial charge in [-0.15, -0.1) is 0 Å². The molecule has 0 aliphatic rings. The molecule has 0 unspecified atom stereocenters. The minimum atomic E-state index is -0.299. The first-order valence-electron chi connectivity index (χ1n) is 5.88. The van der Waals surface area contributed by atoms with Gasteiger partial charge in [-0.1, -0.05) is 26.0 Å². The van der Waals surface area contributed by atoms with E-state index in [0.29, 0.717) is 11.5 Å². The summed E-state index contributed by atoms with van der Waals surface area (Å²) in [5, 5.41) is 0. The first kappa shape index (κ1) is 13.7. The van der Waals surface area contributed by atoms with Gasteiger partial charge in [0.15, 0.2) is 0 Å². The Morgan fingerprint density at radius 2 is 1.88 bits per heavy atom. The van der Waals surface area contributed by atoms with E-state index in [9.17, 15) is 4.79 Å². The third-order valence-electron chi connectivity index (χ3n) is 2.36. The van der Waals surface area contributed by atoms with Crippen LogP contribution in [0.25, 0.3) is 0 Å². The molecule has 0 bridgehead atoms. The zero-order valence-corrected chi connectivity index (χ0v) is 10.7. The zero-order chi connectivity index (χ0) is 12.7. The summed E-state index contributed by atoms with van der Waals surface area (Å²) < 4.78 is 10.1. The molecule has 0 spiro atoms. The molecule has 0 N–H and O–H groups in total. The lowest BCUT2D eigenvalue weighted by molar-refractivity contribution is 0.0600. The van der Waals surface area contributed by atoms with E-state index < -0.39 is 0 Å². The zero-order valence-electron chi connectivity index (χ0n) is 10.7. The van der Waals surface area contributed by atoms with Crippen molar-refractivity contribution in [3.05, 3.63) is 35.4 Å². The summed E-state index contributed by atoms with van der Waals surface area (Å²) in [6.07, 6.45) is 0.869. The Hall–Kier alpha value is -1.35. The number of carbonyl (C=O) groups is 1. The van der Waals surface area contributed by atoms with Crippen LogP contribution in [-0.2, 0) is 15.9 Å². The maximum atomic E-state index is 11.2. The fourth-order valence-corrected chi connectivity index (χ4v) is 1.43. The minimum Gasteiger partial charge on any atom is -0.465 e. The Balaban J connectivity index is 2.38. The second-order valence-electron chi connectivity index (χ2n) is 4.41. The molecule has 0 aromatic heterocycles. The molecule has 94 valence electrons. The van der Waals surface area contributed by atoms with E-state index in [1.807, 2.05) is 12.1 Å². The number of benzene rings is 1. The molecule has 1 rings (SSSR count). The predicted octanol–water partition coefficient (Wildman–Crippen LogP) is 2.69. The van der Waals surface area contributed by atoms with Crippen LogP contribution in [0.4, 0.5) is 0 Å². The predicted molar refractivity (Wildman–Crippen MR) is 67.1 cm³/mol. The molecule has 0 atom stereocenters. The molecule has 0 fully saturated rings. The number of methoxy groups -OCH3 is 1. The number of rotatable bonds is 6. The lowest BCUT2D eigenvalue weighted by atomic mass is 10.1. The highest BCUT2D eigenvalue weighted by Gasteiger charge is 2.04. The van der Waals surface area contributed by atoms with E-state index >= 15 is 0 Å². The van der Waals surface area contributed by atoms with E-state index in [1.165, 1.54) is 12.7 Å². The van der Waals surface area contributed by atoms with Crippen LogP contribution >= 0.6 is 0 Å². The van der Waals surface area contributed by atoms with Crippen molar-refractivity contribution in [1.82, 2.24) is 0 Å². The summed E-state index contributed by atoms with van der Waals surface area (Å²) in [5.41, 5.74) is 1.75. The van der Waals surface area contributed by atoms with Crippen molar-refractivity contribution in [2.75, 3.05) is 20.3 Å². The molecule has 0 aliphatic heterocycles. The first-order chi connectivity index (χ1) is 8.13. The second-order valence-corrected chi connectivity index (χ2v) is 4.41. The van der Waals surface area contributed by atoms with E-state index in [2.05, 4.69) is 18.6 Å². The lowest BCUT2D eigenvalue weighted by Crippen LogP contribution is -2.05. The Kier molecular flexibility index (Phi) is 5.70. The van der Waals surface area contributed by atoms with Crippen molar-refractivity contribution in [2.24, 2.45) is 5.92 Å². The molecule has 0 saturated heterocycles. The van der Waals surface area contributed by atoms with E-state index in [4.69, 9.17) is 4.74 Å². The van der Waals surface area contributed by atoms with Crippen molar-refractivity contribution in [1.29, 1.82) is 0 Å². The Morgan fingerprint density at radius 1 is 1.24 bits per heavy atom. The maximum absolute atomic E-state index is 11.2. The van der Waals surface area contributed by atoms with Gasteiger partial charge < -0.3 is 9.47 Å². The monoisotopic (exact) mass is 236 g/mol. The van der Waals surface area contributed by atoms with Gasteiger partial charge >= 0.3 is 5.97 Å². The molecular weight excluding hydrogens is 216 g/mol. The van der Waals surface area contributed by atoms with Crippen molar-refractivity contribution in [3.63, 3.8) is 0 Å². The largest absolute Gasteiger partial charge is 0.465 e. The van der Waals surface area contributed by atoms with Gasteiger partial charge in [-0.3, -0.25) is 0 Å². The highest BCUT2D eigenvalue weighted by Crippen LogP contribution is 2.06. The number of ether oxygens (including phenoxy) is 2. The van der Waals surface area contributed by atoms with Crippen molar-refractivity contribution < 1.29 is 14.3 Å². The van der Waals surface area contributed by atoms with Gasteiger partial charge in [0.05, 0.1) is 19.3 Å². The molecule has 0 aliphatic carbocycles. The molecule has 3 nitrogen and oxygen atoms in total. The highest BCUT2D eigenvalue weighted by atomic mass is 16.5. The quantitative estimate of drug-likeness (QED) is 0.562. The van der Waals surface area contributed by atoms with Crippen LogP contribution in [0.1, 0.15) is 29.8 Å². The van der Waals surface area contributed by atoms with Crippen LogP contribution in [0.15, 0.2) is 24.3 Å². The minimum absolute atomic E-state index is 0.299. The Labute approximate surface area is 103 Å². The topological polar surface area (TPSA) is 35.5 Å². The Bertz CT molecular complexity index is 341. The molecule has 3 heteroatoms. The standard InChI is InChI=1S/C14H20O3/c1-11(2)10-17-9-8-12-4-6-13(7-5-12)14(15)16-3/h4-7,11H,8-10H2,1-3H3. The fraction of sp³-hybridized carbons (Fsp3) is 0.500. The van der Waals surface area contributed by atoms with Crippen LogP contribution in [0.5, 0.6) is 0 Å². The summed E-state index contributed by atoms with van der Waals surface area (Å²) in [6.45, 7) is 5.77. The summed E-state index contributed by atoms with van der Waals surface area (Å²) >= 11 is 0. The molecule has 1 aromatic carbocycles. The number of hydrogen-bond donors (Lipinski definition) is 0. The molecule has 0 heterocycles. The summed E-state index contributed by atoms with van der Waals surface area (Å²) in [6, 6.07) is 7.43. The van der Waals surface area contributed by atoms with Gasteiger partial charge in [0.1, 0.15) is 0 Å². The average Bonchev–Trinajstić information content (AvgIpc) is 2.34. The summed E-state index contributed by atoms with van der Waals surface area (Å²) in [7, 11) is 1.38. The van der Waals surface area contributed by atoms with Crippen molar-refractivity contribution in [3.8, 4) is 0 Å². The van der Waals surface area contributed by atoms with Gasteiger partial charge in [0.25, 0.3) is 0 Å². The van der Waals surface area contributed by atoms with Gasteiger partial charge in [0.2, 0.25) is 0 Å². The fourth-order valence-electron chi connectivity index (χ4n) is 1.43. The SMILES string of the molecule is COC(=O)c1ccc(CCOCC(C)C)cc1. The highest BCUT2D eigenvalue weighted by molar-refractivity contribution is 5.89. The maximum Gasteiger partial charge on any atom is 0.337 e. The van der Waals surface area contributed by atoms with Gasteiger partial charge in [-0.2, -0.15) is 0 Å². The Morgan fingerprint density at radius 3 is 2.41 bits per heavy atom. The van der Waals surface area contributed by atoms with Crippen molar-refractivity contribution >= 4 is 5.97 Å². The number of carbonyl (C=O) groups excluding carboxylic acids is 1. The van der Waals surface area contributed by atoms with E-state index in [-0.39, 0.29) is 5.97 Å². The van der Waals surface area contributed by atoms with Gasteiger partial charge in [0, 0.05) is 6.61 Å². The van der Waals surface area contributed by atoms with Crippen molar-refractivity contribution in [2.45, 2.75) is 20.3 Å². The van der Waals surface area contributed by atoms with Crippen LogP contribution in [0, 0.1) is 5.92 Å². The molecular formula is C14H20O3. The number of esters is 1. The van der Waals surface area contributed by atoms with Crippen LogP contribution in [0.2, 0.25) is 0 Å². The third kappa shape index (κ3) is 5.00. The number of hydrogen-bond acceptors (Lipinski definition) is 3. The van der Waals surface area contributed by atoms with Crippen LogP contribution < -0.4 is 0 Å². The van der Waals surface area contributed by atoms with E-state index in [1.54, 1.807) is 12.1 Å². The molecule has 0 saturated carbocycles. The van der Waals surface area contributed by atoms with Gasteiger partial charge in [-0.05, 0) is 30.0 Å². The molecule has 0 amide bonds. The molecule has 17 heavy (non-hydrogen) atoms. The normalized spacial score (nSPS) is 10.6. The van der Waals surface area contributed by atoms with Crippen LogP contribution in [0.3, 0.4) is 0 Å². The second kappa shape index (κ2) is 7.07. The third-order valence-corrected chi connectivity index (χ3v) is 2.36. The van der Waals surface area contributed by atoms with Crippen LogP contribution in [-0.4, -0.2) is 26.3 Å². The van der Waals surface area contributed by atoms with E-state index in [0.717, 1.165) is 19.6 Å². The molecule has 1 aromatic rings. The first-order valence-corrected chi connectivity index (χ1v) is 5.88. The van der Waals surface area contributed by atoms with Gasteiger partial charge in [-0.25, -0.2) is 4.79 Å².